The van der Waals surface area contributed by atoms with Gasteiger partial charge in [0.25, 0.3) is 5.91 Å². The number of benzene rings is 1. The molecule has 2 heterocycles. The zero-order valence-electron chi connectivity index (χ0n) is 16.7. The van der Waals surface area contributed by atoms with E-state index in [4.69, 9.17) is 19.4 Å². The minimum absolute atomic E-state index is 0.0660. The largest absolute Gasteiger partial charge is 0.350 e. The Labute approximate surface area is 189 Å². The monoisotopic (exact) mass is 487 g/mol. The number of hydrogen-bond donors (Lipinski definition) is 2. The highest BCUT2D eigenvalue weighted by molar-refractivity contribution is 9.18. The number of rotatable bonds is 5. The number of amides is 2. The van der Waals surface area contributed by atoms with E-state index in [0.717, 1.165) is 0 Å². The molecule has 0 spiro atoms. The van der Waals surface area contributed by atoms with E-state index in [0.29, 0.717) is 44.2 Å². The standard InChI is InChI=1S/C20H20BBrClN5O2/c1-10(2)25-19(29)13-8-12(21)7-11(3)17(13)26-20(30)15-9-16(22)27-28(15)18-14(23)5-4-6-24-18/h4-8,10,15H,9H2,1-3H3,(H,25,29)(H,26,30). The van der Waals surface area contributed by atoms with Crippen molar-refractivity contribution in [3.05, 3.63) is 46.6 Å². The highest BCUT2D eigenvalue weighted by Gasteiger charge is 2.35. The summed E-state index contributed by atoms with van der Waals surface area (Å²) in [5.41, 5.74) is 1.82. The second kappa shape index (κ2) is 9.18. The molecule has 0 saturated carbocycles. The van der Waals surface area contributed by atoms with Crippen LogP contribution in [0.25, 0.3) is 0 Å². The van der Waals surface area contributed by atoms with Crippen molar-refractivity contribution in [1.82, 2.24) is 10.3 Å². The van der Waals surface area contributed by atoms with Gasteiger partial charge in [-0.05, 0) is 54.4 Å². The molecule has 2 radical (unpaired) electrons. The molecule has 1 atom stereocenters. The maximum absolute atomic E-state index is 13.2. The highest BCUT2D eigenvalue weighted by atomic mass is 79.9. The van der Waals surface area contributed by atoms with Crippen molar-refractivity contribution in [2.75, 3.05) is 10.3 Å². The predicted octanol–water partition coefficient (Wildman–Crippen LogP) is 2.90. The summed E-state index contributed by atoms with van der Waals surface area (Å²) in [5.74, 6) is -0.286. The molecule has 3 rings (SSSR count). The van der Waals surface area contributed by atoms with Gasteiger partial charge in [-0.1, -0.05) is 29.2 Å². The Morgan fingerprint density at radius 3 is 2.77 bits per heavy atom. The van der Waals surface area contributed by atoms with Gasteiger partial charge < -0.3 is 10.6 Å². The maximum atomic E-state index is 13.2. The van der Waals surface area contributed by atoms with Crippen molar-refractivity contribution in [1.29, 1.82) is 0 Å². The maximum Gasteiger partial charge on any atom is 0.253 e. The lowest BCUT2D eigenvalue weighted by molar-refractivity contribution is -0.117. The fourth-order valence-electron chi connectivity index (χ4n) is 3.12. The Morgan fingerprint density at radius 1 is 1.37 bits per heavy atom. The lowest BCUT2D eigenvalue weighted by Crippen LogP contribution is -2.40. The number of aromatic nitrogens is 1. The number of carbonyl (C=O) groups is 2. The summed E-state index contributed by atoms with van der Waals surface area (Å²) in [6.45, 7) is 5.50. The van der Waals surface area contributed by atoms with E-state index in [-0.39, 0.29) is 17.9 Å². The first-order chi connectivity index (χ1) is 14.2. The Kier molecular flexibility index (Phi) is 6.82. The van der Waals surface area contributed by atoms with E-state index < -0.39 is 6.04 Å². The van der Waals surface area contributed by atoms with Crippen LogP contribution in [0.3, 0.4) is 0 Å². The molecule has 0 fully saturated rings. The molecule has 0 aliphatic carbocycles. The van der Waals surface area contributed by atoms with E-state index in [1.807, 2.05) is 13.8 Å². The number of hydrazone groups is 1. The summed E-state index contributed by atoms with van der Waals surface area (Å²) in [6, 6.07) is 5.88. The zero-order chi connectivity index (χ0) is 22.0. The van der Waals surface area contributed by atoms with Crippen LogP contribution in [0.1, 0.15) is 36.2 Å². The van der Waals surface area contributed by atoms with Gasteiger partial charge in [0.2, 0.25) is 5.91 Å². The van der Waals surface area contributed by atoms with Gasteiger partial charge >= 0.3 is 0 Å². The molecule has 7 nitrogen and oxygen atoms in total. The Morgan fingerprint density at radius 2 is 2.10 bits per heavy atom. The van der Waals surface area contributed by atoms with Crippen LogP contribution >= 0.6 is 27.5 Å². The first kappa shape index (κ1) is 22.3. The third-order valence-electron chi connectivity index (χ3n) is 4.40. The molecule has 2 aromatic rings. The van der Waals surface area contributed by atoms with Crippen LogP contribution in [0.15, 0.2) is 35.6 Å². The normalized spacial score (nSPS) is 15.9. The minimum Gasteiger partial charge on any atom is -0.350 e. The predicted molar refractivity (Wildman–Crippen MR) is 124 cm³/mol. The minimum atomic E-state index is -0.690. The molecule has 0 bridgehead atoms. The first-order valence-corrected chi connectivity index (χ1v) is 10.5. The second-order valence-electron chi connectivity index (χ2n) is 7.23. The SMILES string of the molecule is [B]c1cc(C)c(NC(=O)C2CC(Br)=NN2c2ncccc2Cl)c(C(=O)NC(C)C)c1. The van der Waals surface area contributed by atoms with E-state index >= 15 is 0 Å². The number of nitrogens with one attached hydrogen (secondary N) is 2. The van der Waals surface area contributed by atoms with Gasteiger partial charge in [-0.15, -0.1) is 0 Å². The number of aryl methyl sites for hydroxylation is 1. The smallest absolute Gasteiger partial charge is 0.253 e. The molecular formula is C20H20BBrClN5O2. The first-order valence-electron chi connectivity index (χ1n) is 9.32. The number of anilines is 2. The Balaban J connectivity index is 1.92. The fraction of sp³-hybridized carbons (Fsp3) is 0.300. The van der Waals surface area contributed by atoms with Crippen molar-refractivity contribution in [2.24, 2.45) is 5.10 Å². The van der Waals surface area contributed by atoms with Crippen LogP contribution in [0.2, 0.25) is 5.02 Å². The topological polar surface area (TPSA) is 86.7 Å². The van der Waals surface area contributed by atoms with E-state index in [9.17, 15) is 9.59 Å². The molecule has 0 saturated heterocycles. The summed E-state index contributed by atoms with van der Waals surface area (Å²) < 4.78 is 0.594. The zero-order valence-corrected chi connectivity index (χ0v) is 19.1. The van der Waals surface area contributed by atoms with E-state index in [1.54, 1.807) is 37.4 Å². The number of carbonyl (C=O) groups excluding carboxylic acids is 2. The molecule has 1 aromatic heterocycles. The molecule has 1 aliphatic heterocycles. The van der Waals surface area contributed by atoms with Gasteiger partial charge in [0.05, 0.1) is 16.3 Å². The third kappa shape index (κ3) is 4.84. The van der Waals surface area contributed by atoms with Gasteiger partial charge in [-0.3, -0.25) is 9.59 Å². The van der Waals surface area contributed by atoms with Crippen molar-refractivity contribution in [2.45, 2.75) is 39.3 Å². The Bertz CT molecular complexity index is 1030. The quantitative estimate of drug-likeness (QED) is 0.634. The van der Waals surface area contributed by atoms with E-state index in [1.165, 1.54) is 5.01 Å². The lowest BCUT2D eigenvalue weighted by atomic mass is 9.90. The molecule has 30 heavy (non-hydrogen) atoms. The van der Waals surface area contributed by atoms with Crippen LogP contribution in [0.4, 0.5) is 11.5 Å². The lowest BCUT2D eigenvalue weighted by Gasteiger charge is -2.24. The average Bonchev–Trinajstić information content (AvgIpc) is 3.05. The van der Waals surface area contributed by atoms with Crippen LogP contribution < -0.4 is 21.1 Å². The summed E-state index contributed by atoms with van der Waals surface area (Å²) in [7, 11) is 5.93. The molecule has 1 aromatic carbocycles. The van der Waals surface area contributed by atoms with Crippen molar-refractivity contribution in [3.8, 4) is 0 Å². The van der Waals surface area contributed by atoms with Crippen LogP contribution in [-0.2, 0) is 4.79 Å². The average molecular weight is 489 g/mol. The van der Waals surface area contributed by atoms with Gasteiger partial charge in [-0.25, -0.2) is 9.99 Å². The number of nitrogens with zero attached hydrogens (tertiary/aromatic N) is 3. The number of pyridine rings is 1. The molecule has 2 amide bonds. The number of hydrogen-bond acceptors (Lipinski definition) is 5. The summed E-state index contributed by atoms with van der Waals surface area (Å²) >= 11 is 9.61. The molecule has 1 unspecified atom stereocenters. The second-order valence-corrected chi connectivity index (χ2v) is 8.55. The van der Waals surface area contributed by atoms with Crippen LogP contribution in [0, 0.1) is 6.92 Å². The molecule has 1 aliphatic rings. The highest BCUT2D eigenvalue weighted by Crippen LogP contribution is 2.31. The van der Waals surface area contributed by atoms with Gasteiger partial charge in [0.15, 0.2) is 5.82 Å². The summed E-state index contributed by atoms with van der Waals surface area (Å²) in [5, 5.41) is 11.9. The van der Waals surface area contributed by atoms with Crippen molar-refractivity contribution >= 4 is 68.8 Å². The van der Waals surface area contributed by atoms with Crippen LogP contribution in [-0.4, -0.2) is 41.3 Å². The van der Waals surface area contributed by atoms with Gasteiger partial charge in [0.1, 0.15) is 18.5 Å². The molecule has 2 N–H and O–H groups in total. The third-order valence-corrected chi connectivity index (χ3v) is 5.18. The van der Waals surface area contributed by atoms with Crippen molar-refractivity contribution in [3.63, 3.8) is 0 Å². The Hall–Kier alpha value is -2.39. The fourth-order valence-corrected chi connectivity index (χ4v) is 3.81. The number of halogens is 2. The van der Waals surface area contributed by atoms with Gasteiger partial charge in [-0.2, -0.15) is 5.10 Å². The van der Waals surface area contributed by atoms with Crippen molar-refractivity contribution < 1.29 is 9.59 Å². The molecule has 154 valence electrons. The van der Waals surface area contributed by atoms with Gasteiger partial charge in [0, 0.05) is 18.7 Å². The molecule has 10 heteroatoms. The molecular weight excluding hydrogens is 468 g/mol. The van der Waals surface area contributed by atoms with Crippen LogP contribution in [0.5, 0.6) is 0 Å². The summed E-state index contributed by atoms with van der Waals surface area (Å²) in [4.78, 5) is 30.1. The van der Waals surface area contributed by atoms with E-state index in [2.05, 4.69) is 36.6 Å². The summed E-state index contributed by atoms with van der Waals surface area (Å²) in [6.07, 6.45) is 1.91.